The highest BCUT2D eigenvalue weighted by molar-refractivity contribution is 6.15. The van der Waals surface area contributed by atoms with E-state index in [4.69, 9.17) is 4.74 Å². The number of rotatable bonds is 6. The molecule has 2 aromatic carbocycles. The Morgan fingerprint density at radius 1 is 1.17 bits per heavy atom. The maximum absolute atomic E-state index is 13.6. The number of esters is 1. The van der Waals surface area contributed by atoms with Gasteiger partial charge < -0.3 is 10.1 Å². The second kappa shape index (κ2) is 8.87. The van der Waals surface area contributed by atoms with Crippen LogP contribution in [0.25, 0.3) is 11.8 Å². The fourth-order valence-electron chi connectivity index (χ4n) is 2.44. The van der Waals surface area contributed by atoms with Crippen molar-refractivity contribution < 1.29 is 18.7 Å². The van der Waals surface area contributed by atoms with E-state index in [1.165, 1.54) is 16.8 Å². The summed E-state index contributed by atoms with van der Waals surface area (Å²) in [6.45, 7) is 2.69. The molecule has 1 heterocycles. The number of carbonyl (C=O) groups is 2. The van der Waals surface area contributed by atoms with E-state index >= 15 is 0 Å². The van der Waals surface area contributed by atoms with Crippen molar-refractivity contribution in [3.63, 3.8) is 0 Å². The van der Waals surface area contributed by atoms with Crippen LogP contribution in [0, 0.1) is 19.7 Å². The monoisotopic (exact) mass is 395 g/mol. The van der Waals surface area contributed by atoms with Crippen LogP contribution in [0.5, 0.6) is 0 Å². The number of ether oxygens (including phenoxy) is 1. The maximum atomic E-state index is 13.6. The van der Waals surface area contributed by atoms with Crippen LogP contribution in [-0.4, -0.2) is 38.7 Å². The lowest BCUT2D eigenvalue weighted by atomic mass is 10.2. The van der Waals surface area contributed by atoms with E-state index in [0.717, 1.165) is 5.56 Å². The largest absolute Gasteiger partial charge is 0.451 e. The topological polar surface area (TPSA) is 99.0 Å². The number of hydrogen-bond donors (Lipinski definition) is 1. The molecule has 0 atom stereocenters. The fraction of sp³-hybridized carbons (Fsp3) is 0.150. The van der Waals surface area contributed by atoms with Gasteiger partial charge in [0, 0.05) is 5.69 Å². The Morgan fingerprint density at radius 2 is 1.93 bits per heavy atom. The summed E-state index contributed by atoms with van der Waals surface area (Å²) < 4.78 is 19.9. The zero-order valence-corrected chi connectivity index (χ0v) is 15.8. The van der Waals surface area contributed by atoms with E-state index in [-0.39, 0.29) is 11.4 Å². The third-order valence-corrected chi connectivity index (χ3v) is 3.96. The van der Waals surface area contributed by atoms with E-state index < -0.39 is 24.3 Å². The van der Waals surface area contributed by atoms with Gasteiger partial charge in [-0.1, -0.05) is 36.4 Å². The molecule has 0 fully saturated rings. The van der Waals surface area contributed by atoms with Gasteiger partial charge in [-0.3, -0.25) is 4.79 Å². The van der Waals surface area contributed by atoms with Crippen molar-refractivity contribution in [1.29, 1.82) is 0 Å². The van der Waals surface area contributed by atoms with Crippen molar-refractivity contribution in [2.24, 2.45) is 0 Å². The number of aromatic nitrogens is 4. The van der Waals surface area contributed by atoms with Crippen LogP contribution in [0.1, 0.15) is 17.0 Å². The molecule has 0 aliphatic heterocycles. The molecule has 9 heteroatoms. The summed E-state index contributed by atoms with van der Waals surface area (Å²) in [6, 6.07) is 13.4. The first kappa shape index (κ1) is 19.9. The predicted molar refractivity (Wildman–Crippen MR) is 104 cm³/mol. The van der Waals surface area contributed by atoms with Crippen LogP contribution in [0.15, 0.2) is 48.5 Å². The number of aryl methyl sites for hydroxylation is 2. The van der Waals surface area contributed by atoms with Gasteiger partial charge in [-0.15, -0.1) is 5.10 Å². The second-order valence-corrected chi connectivity index (χ2v) is 6.17. The maximum Gasteiger partial charge on any atom is 0.357 e. The molecular formula is C20H18FN5O3. The molecule has 1 aromatic heterocycles. The lowest BCUT2D eigenvalue weighted by Gasteiger charge is -2.10. The highest BCUT2D eigenvalue weighted by Crippen LogP contribution is 2.15. The second-order valence-electron chi connectivity index (χ2n) is 6.17. The molecule has 1 amide bonds. The highest BCUT2D eigenvalue weighted by Gasteiger charge is 2.19. The highest BCUT2D eigenvalue weighted by atomic mass is 19.1. The molecule has 8 nitrogen and oxygen atoms in total. The Balaban J connectivity index is 1.71. The number of nitrogens with one attached hydrogen (secondary N) is 1. The smallest absolute Gasteiger partial charge is 0.357 e. The quantitative estimate of drug-likeness (QED) is 0.509. The van der Waals surface area contributed by atoms with Crippen LogP contribution in [0.2, 0.25) is 0 Å². The molecule has 3 rings (SSSR count). The summed E-state index contributed by atoms with van der Waals surface area (Å²) in [6.07, 6.45) is 1.55. The van der Waals surface area contributed by atoms with Crippen LogP contribution in [0.3, 0.4) is 0 Å². The first-order chi connectivity index (χ1) is 13.9. The zero-order chi connectivity index (χ0) is 20.8. The molecule has 0 aliphatic carbocycles. The summed E-state index contributed by atoms with van der Waals surface area (Å²) in [5, 5.41) is 13.6. The number of anilines is 1. The van der Waals surface area contributed by atoms with Crippen molar-refractivity contribution in [1.82, 2.24) is 20.2 Å². The van der Waals surface area contributed by atoms with E-state index in [0.29, 0.717) is 11.4 Å². The lowest BCUT2D eigenvalue weighted by Crippen LogP contribution is -2.23. The molecule has 148 valence electrons. The van der Waals surface area contributed by atoms with Gasteiger partial charge in [0.15, 0.2) is 18.1 Å². The molecule has 0 bridgehead atoms. The van der Waals surface area contributed by atoms with E-state index in [1.807, 2.05) is 18.2 Å². The Hall–Kier alpha value is -3.88. The minimum atomic E-state index is -0.783. The Kier molecular flexibility index (Phi) is 6.08. The SMILES string of the molecule is Cc1ccc(NC(=O)COC(=O)/C(=C/c2ccccc2)n2nnnc2C)cc1F. The number of tetrazole rings is 1. The summed E-state index contributed by atoms with van der Waals surface area (Å²) >= 11 is 0. The van der Waals surface area contributed by atoms with E-state index in [9.17, 15) is 14.0 Å². The first-order valence-electron chi connectivity index (χ1n) is 8.69. The number of halogens is 1. The summed E-state index contributed by atoms with van der Waals surface area (Å²) in [5.74, 6) is -1.45. The number of hydrogen-bond acceptors (Lipinski definition) is 6. The summed E-state index contributed by atoms with van der Waals surface area (Å²) in [5.41, 5.74) is 1.51. The average molecular weight is 395 g/mol. The van der Waals surface area contributed by atoms with Crippen LogP contribution in [0.4, 0.5) is 10.1 Å². The molecule has 0 spiro atoms. The molecule has 0 unspecified atom stereocenters. The van der Waals surface area contributed by atoms with E-state index in [2.05, 4.69) is 20.8 Å². The molecule has 1 N–H and O–H groups in total. The third-order valence-electron chi connectivity index (χ3n) is 3.96. The standard InChI is InChI=1S/C20H18FN5O3/c1-13-8-9-16(11-17(13)21)22-19(27)12-29-20(28)18(26-14(2)23-24-25-26)10-15-6-4-3-5-7-15/h3-11H,12H2,1-2H3,(H,22,27)/b18-10-. The zero-order valence-electron chi connectivity index (χ0n) is 15.8. The van der Waals surface area contributed by atoms with Crippen molar-refractivity contribution in [3.8, 4) is 0 Å². The molecule has 0 saturated heterocycles. The first-order valence-corrected chi connectivity index (χ1v) is 8.69. The van der Waals surface area contributed by atoms with Crippen molar-refractivity contribution in [2.75, 3.05) is 11.9 Å². The van der Waals surface area contributed by atoms with Crippen molar-refractivity contribution in [3.05, 3.63) is 71.3 Å². The predicted octanol–water partition coefficient (Wildman–Crippen LogP) is 2.61. The summed E-state index contributed by atoms with van der Waals surface area (Å²) in [4.78, 5) is 24.7. The average Bonchev–Trinajstić information content (AvgIpc) is 3.13. The molecule has 0 radical (unpaired) electrons. The van der Waals surface area contributed by atoms with Gasteiger partial charge in [0.05, 0.1) is 0 Å². The number of nitrogens with zero attached hydrogens (tertiary/aromatic N) is 4. The normalized spacial score (nSPS) is 11.2. The molecule has 0 aliphatic rings. The third kappa shape index (κ3) is 5.10. The number of benzene rings is 2. The Bertz CT molecular complexity index is 1060. The fourth-order valence-corrected chi connectivity index (χ4v) is 2.44. The summed E-state index contributed by atoms with van der Waals surface area (Å²) in [7, 11) is 0. The van der Waals surface area contributed by atoms with Crippen LogP contribution in [-0.2, 0) is 14.3 Å². The minimum absolute atomic E-state index is 0.0490. The van der Waals surface area contributed by atoms with E-state index in [1.54, 1.807) is 38.1 Å². The van der Waals surface area contributed by atoms with Crippen molar-refractivity contribution >= 4 is 29.3 Å². The Labute approximate surface area is 166 Å². The van der Waals surface area contributed by atoms with Gasteiger partial charge in [-0.05, 0) is 53.6 Å². The van der Waals surface area contributed by atoms with Gasteiger partial charge in [-0.2, -0.15) is 4.68 Å². The van der Waals surface area contributed by atoms with Gasteiger partial charge in [0.1, 0.15) is 5.82 Å². The molecule has 3 aromatic rings. The lowest BCUT2D eigenvalue weighted by molar-refractivity contribution is -0.141. The molecule has 29 heavy (non-hydrogen) atoms. The molecular weight excluding hydrogens is 377 g/mol. The van der Waals surface area contributed by atoms with Crippen molar-refractivity contribution in [2.45, 2.75) is 13.8 Å². The number of carbonyl (C=O) groups excluding carboxylic acids is 2. The number of amides is 1. The van der Waals surface area contributed by atoms with Crippen LogP contribution >= 0.6 is 0 Å². The Morgan fingerprint density at radius 3 is 2.59 bits per heavy atom. The minimum Gasteiger partial charge on any atom is -0.451 e. The molecule has 0 saturated carbocycles. The van der Waals surface area contributed by atoms with Gasteiger partial charge in [0.25, 0.3) is 5.91 Å². The van der Waals surface area contributed by atoms with Gasteiger partial charge >= 0.3 is 5.97 Å². The van der Waals surface area contributed by atoms with Gasteiger partial charge in [0.2, 0.25) is 0 Å². The van der Waals surface area contributed by atoms with Crippen LogP contribution < -0.4 is 5.32 Å². The van der Waals surface area contributed by atoms with Gasteiger partial charge in [-0.25, -0.2) is 9.18 Å².